The Labute approximate surface area is 63.7 Å². The molecule has 0 atom stereocenters. The van der Waals surface area contributed by atoms with Crippen molar-refractivity contribution in [3.63, 3.8) is 0 Å². The lowest BCUT2D eigenvalue weighted by Crippen LogP contribution is -2.30. The number of hydrogen-bond donors (Lipinski definition) is 3. The van der Waals surface area contributed by atoms with Crippen molar-refractivity contribution in [2.75, 3.05) is 0 Å². The fourth-order valence-corrected chi connectivity index (χ4v) is 0.777. The average Bonchev–Trinajstić information content (AvgIpc) is 2.04. The molecule has 0 aliphatic heterocycles. The van der Waals surface area contributed by atoms with E-state index in [9.17, 15) is 0 Å². The molecule has 5 heteroatoms. The lowest BCUT2D eigenvalue weighted by atomic mass is 9.80. The van der Waals surface area contributed by atoms with Crippen LogP contribution in [0.5, 0.6) is 5.75 Å². The minimum absolute atomic E-state index is 0.0440. The summed E-state index contributed by atoms with van der Waals surface area (Å²) in [6.07, 6.45) is 0. The van der Waals surface area contributed by atoms with Gasteiger partial charge in [-0.3, -0.25) is 0 Å². The first-order chi connectivity index (χ1) is 5.25. The average molecular weight is 154 g/mol. The minimum atomic E-state index is -1.63. The quantitative estimate of drug-likeness (QED) is 0.297. The van der Waals surface area contributed by atoms with E-state index in [0.717, 1.165) is 0 Å². The molecule has 0 bridgehead atoms. The maximum atomic E-state index is 8.70. The maximum Gasteiger partial charge on any atom is 0.492 e. The fourth-order valence-electron chi connectivity index (χ4n) is 0.777. The highest BCUT2D eigenvalue weighted by molar-refractivity contribution is 6.59. The van der Waals surface area contributed by atoms with Gasteiger partial charge in [0, 0.05) is 5.46 Å². The van der Waals surface area contributed by atoms with Crippen molar-refractivity contribution >= 4 is 12.6 Å². The molecule has 0 aliphatic rings. The third-order valence-corrected chi connectivity index (χ3v) is 1.30. The van der Waals surface area contributed by atoms with Crippen molar-refractivity contribution in [2.45, 2.75) is 0 Å². The molecule has 1 aromatic rings. The first-order valence-corrected chi connectivity index (χ1v) is 3.02. The van der Waals surface area contributed by atoms with Gasteiger partial charge in [0.2, 0.25) is 0 Å². The van der Waals surface area contributed by atoms with Crippen LogP contribution in [0.4, 0.5) is 0 Å². The van der Waals surface area contributed by atoms with Crippen LogP contribution in [0.1, 0.15) is 0 Å². The summed E-state index contributed by atoms with van der Waals surface area (Å²) in [4.78, 5) is 3.89. The summed E-state index contributed by atoms with van der Waals surface area (Å²) in [5.74, 6) is 0.0440. The predicted molar refractivity (Wildman–Crippen MR) is 39.5 cm³/mol. The molecule has 0 unspecified atom stereocenters. The highest BCUT2D eigenvalue weighted by Gasteiger charge is 2.15. The van der Waals surface area contributed by atoms with Crippen LogP contribution in [-0.4, -0.2) is 22.4 Å². The monoisotopic (exact) mass is 154 g/mol. The van der Waals surface area contributed by atoms with Crippen LogP contribution in [0.15, 0.2) is 24.3 Å². The highest BCUT2D eigenvalue weighted by atomic mass is 17.1. The van der Waals surface area contributed by atoms with Crippen molar-refractivity contribution in [1.82, 2.24) is 0 Å². The Balaban J connectivity index is 3.02. The summed E-state index contributed by atoms with van der Waals surface area (Å²) in [6.45, 7) is 0. The Morgan fingerprint density at radius 3 is 2.27 bits per heavy atom. The van der Waals surface area contributed by atoms with Gasteiger partial charge in [0.1, 0.15) is 0 Å². The first kappa shape index (κ1) is 8.07. The van der Waals surface area contributed by atoms with Gasteiger partial charge < -0.3 is 14.9 Å². The molecule has 0 saturated carbocycles. The second-order valence-corrected chi connectivity index (χ2v) is 2.00. The van der Waals surface area contributed by atoms with Crippen LogP contribution < -0.4 is 10.4 Å². The van der Waals surface area contributed by atoms with E-state index in [2.05, 4.69) is 4.89 Å². The summed E-state index contributed by atoms with van der Waals surface area (Å²) in [5, 5.41) is 25.6. The summed E-state index contributed by atoms with van der Waals surface area (Å²) in [5.41, 5.74) is 0.134. The van der Waals surface area contributed by atoms with Crippen LogP contribution in [-0.2, 0) is 0 Å². The molecule has 0 spiro atoms. The summed E-state index contributed by atoms with van der Waals surface area (Å²) in [7, 11) is -1.63. The van der Waals surface area contributed by atoms with E-state index < -0.39 is 7.12 Å². The second kappa shape index (κ2) is 3.38. The van der Waals surface area contributed by atoms with Gasteiger partial charge in [0.25, 0.3) is 0 Å². The zero-order valence-corrected chi connectivity index (χ0v) is 5.64. The van der Waals surface area contributed by atoms with Crippen LogP contribution >= 0.6 is 0 Å². The van der Waals surface area contributed by atoms with Crippen molar-refractivity contribution in [2.24, 2.45) is 0 Å². The van der Waals surface area contributed by atoms with E-state index in [0.29, 0.717) is 0 Å². The fraction of sp³-hybridized carbons (Fsp3) is 0. The predicted octanol–water partition coefficient (Wildman–Crippen LogP) is -0.782. The van der Waals surface area contributed by atoms with E-state index in [1.54, 1.807) is 12.1 Å². The molecule has 3 N–H and O–H groups in total. The molecule has 0 amide bonds. The van der Waals surface area contributed by atoms with Crippen LogP contribution in [0, 0.1) is 0 Å². The lowest BCUT2D eigenvalue weighted by Gasteiger charge is -2.03. The van der Waals surface area contributed by atoms with Gasteiger partial charge in [-0.25, -0.2) is 5.26 Å². The zero-order chi connectivity index (χ0) is 8.27. The van der Waals surface area contributed by atoms with Gasteiger partial charge in [0.05, 0.1) is 0 Å². The molecule has 11 heavy (non-hydrogen) atoms. The number of para-hydroxylation sites is 1. The van der Waals surface area contributed by atoms with E-state index in [1.165, 1.54) is 12.1 Å². The summed E-state index contributed by atoms with van der Waals surface area (Å²) < 4.78 is 0. The Bertz CT molecular complexity index is 238. The van der Waals surface area contributed by atoms with Gasteiger partial charge in [-0.05, 0) is 6.07 Å². The second-order valence-electron chi connectivity index (χ2n) is 2.00. The van der Waals surface area contributed by atoms with Crippen molar-refractivity contribution in [3.05, 3.63) is 24.3 Å². The van der Waals surface area contributed by atoms with Crippen LogP contribution in [0.3, 0.4) is 0 Å². The number of rotatable bonds is 2. The van der Waals surface area contributed by atoms with Gasteiger partial charge in [-0.2, -0.15) is 0 Å². The van der Waals surface area contributed by atoms with Crippen molar-refractivity contribution < 1.29 is 20.2 Å². The molecule has 58 valence electrons. The minimum Gasteiger partial charge on any atom is -0.423 e. The van der Waals surface area contributed by atoms with E-state index in [1.807, 2.05) is 0 Å². The maximum absolute atomic E-state index is 8.70. The van der Waals surface area contributed by atoms with E-state index >= 15 is 0 Å². The molecule has 1 aromatic carbocycles. The molecule has 0 aromatic heterocycles. The zero-order valence-electron chi connectivity index (χ0n) is 5.64. The lowest BCUT2D eigenvalue weighted by molar-refractivity contribution is -0.136. The molecular weight excluding hydrogens is 147 g/mol. The largest absolute Gasteiger partial charge is 0.492 e. The third-order valence-electron chi connectivity index (χ3n) is 1.30. The van der Waals surface area contributed by atoms with Crippen LogP contribution in [0.25, 0.3) is 0 Å². The molecule has 4 nitrogen and oxygen atoms in total. The van der Waals surface area contributed by atoms with Crippen LogP contribution in [0.2, 0.25) is 0 Å². The molecule has 0 heterocycles. The molecule has 1 rings (SSSR count). The van der Waals surface area contributed by atoms with Gasteiger partial charge in [-0.15, -0.1) is 0 Å². The van der Waals surface area contributed by atoms with Gasteiger partial charge in [-0.1, -0.05) is 18.2 Å². The third kappa shape index (κ3) is 1.71. The molecule has 0 radical (unpaired) electrons. The first-order valence-electron chi connectivity index (χ1n) is 3.02. The smallest absolute Gasteiger partial charge is 0.423 e. The van der Waals surface area contributed by atoms with E-state index in [4.69, 9.17) is 15.3 Å². The SMILES string of the molecule is OOc1ccccc1B(O)O. The normalized spacial score (nSPS) is 9.36. The molecule has 0 fully saturated rings. The van der Waals surface area contributed by atoms with Crippen molar-refractivity contribution in [1.29, 1.82) is 0 Å². The number of hydrogen-bond acceptors (Lipinski definition) is 4. The Kier molecular flexibility index (Phi) is 2.48. The van der Waals surface area contributed by atoms with E-state index in [-0.39, 0.29) is 11.2 Å². The van der Waals surface area contributed by atoms with Crippen molar-refractivity contribution in [3.8, 4) is 5.75 Å². The molecule has 0 saturated heterocycles. The topological polar surface area (TPSA) is 69.9 Å². The summed E-state index contributed by atoms with van der Waals surface area (Å²) in [6, 6.07) is 6.08. The highest BCUT2D eigenvalue weighted by Crippen LogP contribution is 2.04. The summed E-state index contributed by atoms with van der Waals surface area (Å²) >= 11 is 0. The Hall–Kier alpha value is -1.04. The van der Waals surface area contributed by atoms with Gasteiger partial charge in [0.15, 0.2) is 5.75 Å². The molecular formula is C6H7BO4. The van der Waals surface area contributed by atoms with Gasteiger partial charge >= 0.3 is 7.12 Å². The number of benzene rings is 1. The molecule has 0 aliphatic carbocycles. The Morgan fingerprint density at radius 2 is 1.82 bits per heavy atom. The standard InChI is InChI=1S/C6H7BO4/c8-7(9)5-3-1-2-4-6(5)11-10/h1-4,8-10H. The Morgan fingerprint density at radius 1 is 1.18 bits per heavy atom.